The van der Waals surface area contributed by atoms with E-state index < -0.39 is 0 Å². The molecule has 8 nitrogen and oxygen atoms in total. The molecule has 158 valence electrons. The van der Waals surface area contributed by atoms with Gasteiger partial charge in [0.1, 0.15) is 11.5 Å². The number of ether oxygens (including phenoxy) is 4. The summed E-state index contributed by atoms with van der Waals surface area (Å²) in [6.45, 7) is 0.00566. The minimum absolute atomic E-state index is 0.167. The number of fused-ring (bicyclic) bond motifs is 1. The van der Waals surface area contributed by atoms with Gasteiger partial charge in [0.2, 0.25) is 6.79 Å². The molecule has 1 heterocycles. The molecule has 3 aromatic rings. The molecule has 3 aromatic carbocycles. The molecular formula is C23H20N2O6. The normalized spacial score (nSPS) is 11.5. The highest BCUT2D eigenvalue weighted by Crippen LogP contribution is 2.34. The van der Waals surface area contributed by atoms with Crippen LogP contribution in [0.15, 0.2) is 66.7 Å². The van der Waals surface area contributed by atoms with Crippen molar-refractivity contribution in [1.29, 1.82) is 0 Å². The van der Waals surface area contributed by atoms with Crippen LogP contribution in [0.5, 0.6) is 23.0 Å². The Morgan fingerprint density at radius 1 is 0.871 bits per heavy atom. The second-order valence-corrected chi connectivity index (χ2v) is 6.62. The van der Waals surface area contributed by atoms with Crippen molar-refractivity contribution in [2.24, 2.45) is 0 Å². The molecule has 0 spiro atoms. The van der Waals surface area contributed by atoms with Crippen molar-refractivity contribution < 1.29 is 28.5 Å². The lowest BCUT2D eigenvalue weighted by atomic mass is 10.2. The molecule has 0 fully saturated rings. The number of rotatable bonds is 7. The van der Waals surface area contributed by atoms with Gasteiger partial charge in [-0.15, -0.1) is 0 Å². The molecule has 0 bridgehead atoms. The molecule has 0 aliphatic carbocycles. The summed E-state index contributed by atoms with van der Waals surface area (Å²) >= 11 is 0. The van der Waals surface area contributed by atoms with Crippen molar-refractivity contribution in [2.75, 3.05) is 31.1 Å². The van der Waals surface area contributed by atoms with Crippen LogP contribution < -0.4 is 29.6 Å². The van der Waals surface area contributed by atoms with Crippen molar-refractivity contribution in [2.45, 2.75) is 0 Å². The van der Waals surface area contributed by atoms with Crippen molar-refractivity contribution in [1.82, 2.24) is 0 Å². The summed E-state index contributed by atoms with van der Waals surface area (Å²) in [6, 6.07) is 18.7. The van der Waals surface area contributed by atoms with E-state index in [-0.39, 0.29) is 25.2 Å². The fourth-order valence-corrected chi connectivity index (χ4v) is 2.93. The molecule has 2 N–H and O–H groups in total. The highest BCUT2D eigenvalue weighted by molar-refractivity contribution is 6.04. The Morgan fingerprint density at radius 2 is 1.65 bits per heavy atom. The zero-order valence-electron chi connectivity index (χ0n) is 16.7. The first kappa shape index (κ1) is 20.1. The number of carbonyl (C=O) groups is 2. The van der Waals surface area contributed by atoms with Crippen molar-refractivity contribution in [3.8, 4) is 23.0 Å². The van der Waals surface area contributed by atoms with Gasteiger partial charge in [-0.05, 0) is 48.5 Å². The molecule has 2 amide bonds. The Morgan fingerprint density at radius 3 is 2.45 bits per heavy atom. The third-order valence-electron chi connectivity index (χ3n) is 4.47. The average molecular weight is 420 g/mol. The summed E-state index contributed by atoms with van der Waals surface area (Å²) in [7, 11) is 1.56. The van der Waals surface area contributed by atoms with Gasteiger partial charge < -0.3 is 29.6 Å². The third kappa shape index (κ3) is 5.05. The first-order valence-corrected chi connectivity index (χ1v) is 9.48. The lowest BCUT2D eigenvalue weighted by Gasteiger charge is -2.09. The summed E-state index contributed by atoms with van der Waals surface area (Å²) in [5.74, 6) is 1.77. The van der Waals surface area contributed by atoms with Crippen LogP contribution in [0.3, 0.4) is 0 Å². The Labute approximate surface area is 178 Å². The van der Waals surface area contributed by atoms with E-state index in [1.807, 2.05) is 0 Å². The molecule has 0 aromatic heterocycles. The van der Waals surface area contributed by atoms with Crippen LogP contribution in [0, 0.1) is 0 Å². The number of carbonyl (C=O) groups excluding carboxylic acids is 2. The van der Waals surface area contributed by atoms with Crippen LogP contribution in [0.1, 0.15) is 10.4 Å². The molecule has 0 radical (unpaired) electrons. The first-order valence-electron chi connectivity index (χ1n) is 9.48. The van der Waals surface area contributed by atoms with Crippen LogP contribution in [-0.4, -0.2) is 32.3 Å². The van der Waals surface area contributed by atoms with E-state index >= 15 is 0 Å². The molecule has 0 saturated carbocycles. The largest absolute Gasteiger partial charge is 0.497 e. The first-order chi connectivity index (χ1) is 15.1. The van der Waals surface area contributed by atoms with Crippen molar-refractivity contribution in [3.05, 3.63) is 72.3 Å². The Bertz CT molecular complexity index is 1100. The zero-order valence-corrected chi connectivity index (χ0v) is 16.7. The Balaban J connectivity index is 1.29. The maximum Gasteiger partial charge on any atom is 0.262 e. The number of anilines is 2. The quantitative estimate of drug-likeness (QED) is 0.605. The third-order valence-corrected chi connectivity index (χ3v) is 4.47. The molecule has 1 aliphatic rings. The smallest absolute Gasteiger partial charge is 0.262 e. The number of amides is 2. The highest BCUT2D eigenvalue weighted by atomic mass is 16.7. The van der Waals surface area contributed by atoms with Crippen LogP contribution in [0.25, 0.3) is 0 Å². The second-order valence-electron chi connectivity index (χ2n) is 6.62. The van der Waals surface area contributed by atoms with Crippen molar-refractivity contribution >= 4 is 23.2 Å². The molecule has 0 atom stereocenters. The Kier molecular flexibility index (Phi) is 5.89. The van der Waals surface area contributed by atoms with Gasteiger partial charge >= 0.3 is 0 Å². The summed E-state index contributed by atoms with van der Waals surface area (Å²) in [4.78, 5) is 24.5. The van der Waals surface area contributed by atoms with E-state index in [2.05, 4.69) is 10.6 Å². The Hall–Kier alpha value is -4.20. The van der Waals surface area contributed by atoms with Crippen LogP contribution in [-0.2, 0) is 4.79 Å². The molecule has 8 heteroatoms. The predicted octanol–water partition coefficient (Wildman–Crippen LogP) is 3.69. The maximum atomic E-state index is 12.4. The lowest BCUT2D eigenvalue weighted by molar-refractivity contribution is -0.118. The van der Waals surface area contributed by atoms with E-state index in [1.165, 1.54) is 0 Å². The average Bonchev–Trinajstić information content (AvgIpc) is 3.26. The fraction of sp³-hybridized carbons (Fsp3) is 0.130. The second kappa shape index (κ2) is 9.08. The van der Waals surface area contributed by atoms with Gasteiger partial charge in [0.05, 0.1) is 7.11 Å². The topological polar surface area (TPSA) is 95.1 Å². The van der Waals surface area contributed by atoms with Gasteiger partial charge in [-0.1, -0.05) is 6.07 Å². The van der Waals surface area contributed by atoms with E-state index in [4.69, 9.17) is 18.9 Å². The van der Waals surface area contributed by atoms with Gasteiger partial charge in [0, 0.05) is 29.1 Å². The van der Waals surface area contributed by atoms with E-state index in [0.29, 0.717) is 39.9 Å². The van der Waals surface area contributed by atoms with Gasteiger partial charge in [-0.3, -0.25) is 9.59 Å². The molecule has 31 heavy (non-hydrogen) atoms. The summed E-state index contributed by atoms with van der Waals surface area (Å²) in [6.07, 6.45) is 0. The van der Waals surface area contributed by atoms with Gasteiger partial charge in [-0.2, -0.15) is 0 Å². The van der Waals surface area contributed by atoms with Crippen LogP contribution in [0.4, 0.5) is 11.4 Å². The summed E-state index contributed by atoms with van der Waals surface area (Å²) < 4.78 is 21.2. The molecule has 0 saturated heterocycles. The summed E-state index contributed by atoms with van der Waals surface area (Å²) in [5, 5.41) is 5.54. The number of hydrogen-bond acceptors (Lipinski definition) is 6. The standard InChI is InChI=1S/C23H20N2O6/c1-28-19-4-2-3-16(11-19)24-22(26)13-29-18-8-5-15(6-9-18)23(27)25-17-7-10-20-21(12-17)31-14-30-20/h2-12H,13-14H2,1H3,(H,24,26)(H,25,27). The molecule has 4 rings (SSSR count). The number of hydrogen-bond donors (Lipinski definition) is 2. The zero-order chi connectivity index (χ0) is 21.6. The summed E-state index contributed by atoms with van der Waals surface area (Å²) in [5.41, 5.74) is 1.66. The molecular weight excluding hydrogens is 400 g/mol. The van der Waals surface area contributed by atoms with E-state index in [0.717, 1.165) is 0 Å². The van der Waals surface area contributed by atoms with E-state index in [9.17, 15) is 9.59 Å². The van der Waals surface area contributed by atoms with Crippen LogP contribution in [0.2, 0.25) is 0 Å². The van der Waals surface area contributed by atoms with Gasteiger partial charge in [0.25, 0.3) is 11.8 Å². The fourth-order valence-electron chi connectivity index (χ4n) is 2.93. The SMILES string of the molecule is COc1cccc(NC(=O)COc2ccc(C(=O)Nc3ccc4c(c3)OCO4)cc2)c1. The predicted molar refractivity (Wildman–Crippen MR) is 114 cm³/mol. The van der Waals surface area contributed by atoms with Gasteiger partial charge in [0.15, 0.2) is 18.1 Å². The highest BCUT2D eigenvalue weighted by Gasteiger charge is 2.15. The molecule has 1 aliphatic heterocycles. The molecule has 0 unspecified atom stereocenters. The maximum absolute atomic E-state index is 12.4. The minimum atomic E-state index is -0.308. The lowest BCUT2D eigenvalue weighted by Crippen LogP contribution is -2.20. The minimum Gasteiger partial charge on any atom is -0.497 e. The van der Waals surface area contributed by atoms with Crippen molar-refractivity contribution in [3.63, 3.8) is 0 Å². The number of nitrogens with one attached hydrogen (secondary N) is 2. The van der Waals surface area contributed by atoms with Crippen LogP contribution >= 0.6 is 0 Å². The van der Waals surface area contributed by atoms with E-state index in [1.54, 1.807) is 73.8 Å². The monoisotopic (exact) mass is 420 g/mol. The number of benzene rings is 3. The van der Waals surface area contributed by atoms with Gasteiger partial charge in [-0.25, -0.2) is 0 Å². The number of methoxy groups -OCH3 is 1.